The van der Waals surface area contributed by atoms with Gasteiger partial charge in [0.05, 0.1) is 0 Å². The molecule has 0 fully saturated rings. The van der Waals surface area contributed by atoms with Crippen molar-refractivity contribution in [3.63, 3.8) is 0 Å². The van der Waals surface area contributed by atoms with E-state index in [1.807, 2.05) is 19.9 Å². The van der Waals surface area contributed by atoms with E-state index in [9.17, 15) is 9.18 Å². The molecule has 3 nitrogen and oxygen atoms in total. The summed E-state index contributed by atoms with van der Waals surface area (Å²) in [6.07, 6.45) is 0. The Hall–Kier alpha value is -2.36. The first-order valence-electron chi connectivity index (χ1n) is 6.75. The molecule has 1 amide bonds. The summed E-state index contributed by atoms with van der Waals surface area (Å²) in [5.74, 6) is -0.376. The lowest BCUT2D eigenvalue weighted by Gasteiger charge is -2.19. The molecule has 0 aromatic heterocycles. The second kappa shape index (κ2) is 5.95. The van der Waals surface area contributed by atoms with Crippen molar-refractivity contribution in [2.45, 2.75) is 20.4 Å². The highest BCUT2D eigenvalue weighted by molar-refractivity contribution is 5.96. The van der Waals surface area contributed by atoms with Gasteiger partial charge >= 0.3 is 0 Å². The highest BCUT2D eigenvalue weighted by Gasteiger charge is 2.15. The molecule has 0 heterocycles. The van der Waals surface area contributed by atoms with Crippen LogP contribution in [-0.2, 0) is 6.54 Å². The van der Waals surface area contributed by atoms with Gasteiger partial charge in [0.15, 0.2) is 0 Å². The number of carbonyl (C=O) groups is 1. The number of nitrogens with two attached hydrogens (primary N) is 1. The first-order valence-corrected chi connectivity index (χ1v) is 6.75. The highest BCUT2D eigenvalue weighted by atomic mass is 19.1. The van der Waals surface area contributed by atoms with Crippen LogP contribution in [0.25, 0.3) is 0 Å². The maximum Gasteiger partial charge on any atom is 0.254 e. The molecule has 0 aliphatic heterocycles. The molecular weight excluding hydrogens is 267 g/mol. The second-order valence-corrected chi connectivity index (χ2v) is 5.31. The predicted octanol–water partition coefficient (Wildman–Crippen LogP) is 3.30. The first-order chi connectivity index (χ1) is 9.88. The molecule has 0 radical (unpaired) electrons. The summed E-state index contributed by atoms with van der Waals surface area (Å²) >= 11 is 0. The SMILES string of the molecule is Cc1cc(C)c(C(=O)N(C)Cc2ccc(F)cc2)cc1N. The summed E-state index contributed by atoms with van der Waals surface area (Å²) in [7, 11) is 1.72. The lowest BCUT2D eigenvalue weighted by atomic mass is 10.0. The van der Waals surface area contributed by atoms with Crippen molar-refractivity contribution in [2.75, 3.05) is 12.8 Å². The highest BCUT2D eigenvalue weighted by Crippen LogP contribution is 2.19. The van der Waals surface area contributed by atoms with Crippen molar-refractivity contribution < 1.29 is 9.18 Å². The van der Waals surface area contributed by atoms with Crippen molar-refractivity contribution >= 4 is 11.6 Å². The Labute approximate surface area is 124 Å². The fourth-order valence-corrected chi connectivity index (χ4v) is 2.24. The third-order valence-corrected chi connectivity index (χ3v) is 3.52. The molecule has 2 N–H and O–H groups in total. The number of anilines is 1. The van der Waals surface area contributed by atoms with Gasteiger partial charge in [-0.3, -0.25) is 4.79 Å². The Kier molecular flexibility index (Phi) is 4.26. The second-order valence-electron chi connectivity index (χ2n) is 5.31. The summed E-state index contributed by atoms with van der Waals surface area (Å²) in [4.78, 5) is 14.1. The zero-order valence-electron chi connectivity index (χ0n) is 12.5. The van der Waals surface area contributed by atoms with Gasteiger partial charge in [-0.05, 0) is 48.7 Å². The average Bonchev–Trinajstić information content (AvgIpc) is 2.44. The summed E-state index contributed by atoms with van der Waals surface area (Å²) in [5.41, 5.74) is 9.84. The van der Waals surface area contributed by atoms with Crippen molar-refractivity contribution in [2.24, 2.45) is 0 Å². The van der Waals surface area contributed by atoms with Gasteiger partial charge in [0, 0.05) is 24.8 Å². The molecule has 0 aliphatic carbocycles. The fourth-order valence-electron chi connectivity index (χ4n) is 2.24. The van der Waals surface area contributed by atoms with E-state index >= 15 is 0 Å². The molecule has 110 valence electrons. The number of nitrogens with zero attached hydrogens (tertiary/aromatic N) is 1. The van der Waals surface area contributed by atoms with Crippen LogP contribution in [0.15, 0.2) is 36.4 Å². The minimum atomic E-state index is -0.283. The molecular formula is C17H19FN2O. The largest absolute Gasteiger partial charge is 0.398 e. The first kappa shape index (κ1) is 15.0. The Bertz CT molecular complexity index is 665. The molecule has 21 heavy (non-hydrogen) atoms. The van der Waals surface area contributed by atoms with Crippen LogP contribution in [0.5, 0.6) is 0 Å². The van der Waals surface area contributed by atoms with Gasteiger partial charge in [0.2, 0.25) is 0 Å². The Balaban J connectivity index is 2.19. The summed E-state index contributed by atoms with van der Waals surface area (Å²) in [5, 5.41) is 0. The summed E-state index contributed by atoms with van der Waals surface area (Å²) in [6, 6.07) is 9.76. The topological polar surface area (TPSA) is 46.3 Å². The van der Waals surface area contributed by atoms with E-state index in [0.717, 1.165) is 16.7 Å². The van der Waals surface area contributed by atoms with Crippen molar-refractivity contribution in [3.8, 4) is 0 Å². The fraction of sp³-hybridized carbons (Fsp3) is 0.235. The summed E-state index contributed by atoms with van der Waals surface area (Å²) in [6.45, 7) is 4.23. The number of carbonyl (C=O) groups excluding carboxylic acids is 1. The van der Waals surface area contributed by atoms with Crippen LogP contribution in [0.1, 0.15) is 27.0 Å². The van der Waals surface area contributed by atoms with Gasteiger partial charge in [-0.25, -0.2) is 4.39 Å². The number of rotatable bonds is 3. The number of hydrogen-bond acceptors (Lipinski definition) is 2. The lowest BCUT2D eigenvalue weighted by molar-refractivity contribution is 0.0784. The molecule has 0 aliphatic rings. The quantitative estimate of drug-likeness (QED) is 0.880. The number of hydrogen-bond donors (Lipinski definition) is 1. The van der Waals surface area contributed by atoms with E-state index in [0.29, 0.717) is 17.8 Å². The number of amides is 1. The average molecular weight is 286 g/mol. The monoisotopic (exact) mass is 286 g/mol. The number of benzene rings is 2. The normalized spacial score (nSPS) is 10.5. The summed E-state index contributed by atoms with van der Waals surface area (Å²) < 4.78 is 12.9. The van der Waals surface area contributed by atoms with E-state index in [2.05, 4.69) is 0 Å². The van der Waals surface area contributed by atoms with Crippen LogP contribution in [0, 0.1) is 19.7 Å². The molecule has 0 saturated carbocycles. The van der Waals surface area contributed by atoms with Crippen LogP contribution in [0.4, 0.5) is 10.1 Å². The lowest BCUT2D eigenvalue weighted by Crippen LogP contribution is -2.27. The van der Waals surface area contributed by atoms with E-state index < -0.39 is 0 Å². The Morgan fingerprint density at radius 3 is 2.38 bits per heavy atom. The Morgan fingerprint density at radius 1 is 1.14 bits per heavy atom. The number of halogens is 1. The molecule has 0 spiro atoms. The van der Waals surface area contributed by atoms with Crippen LogP contribution in [-0.4, -0.2) is 17.9 Å². The molecule has 0 atom stereocenters. The van der Waals surface area contributed by atoms with Crippen molar-refractivity contribution in [1.82, 2.24) is 4.90 Å². The van der Waals surface area contributed by atoms with Gasteiger partial charge in [-0.15, -0.1) is 0 Å². The number of nitrogen functional groups attached to an aromatic ring is 1. The predicted molar refractivity (Wildman–Crippen MR) is 82.5 cm³/mol. The van der Waals surface area contributed by atoms with Gasteiger partial charge in [0.1, 0.15) is 5.82 Å². The van der Waals surface area contributed by atoms with Gasteiger partial charge in [-0.2, -0.15) is 0 Å². The third-order valence-electron chi connectivity index (χ3n) is 3.52. The number of aryl methyl sites for hydroxylation is 2. The molecule has 2 aromatic rings. The molecule has 0 unspecified atom stereocenters. The smallest absolute Gasteiger partial charge is 0.254 e. The third kappa shape index (κ3) is 3.40. The van der Waals surface area contributed by atoms with E-state index in [-0.39, 0.29) is 11.7 Å². The van der Waals surface area contributed by atoms with E-state index in [1.165, 1.54) is 12.1 Å². The van der Waals surface area contributed by atoms with Crippen LogP contribution < -0.4 is 5.73 Å². The standard InChI is InChI=1S/C17H19FN2O/c1-11-8-12(2)16(19)9-15(11)17(21)20(3)10-13-4-6-14(18)7-5-13/h4-9H,10,19H2,1-3H3. The van der Waals surface area contributed by atoms with E-state index in [1.54, 1.807) is 30.1 Å². The van der Waals surface area contributed by atoms with E-state index in [4.69, 9.17) is 5.73 Å². The van der Waals surface area contributed by atoms with Crippen molar-refractivity contribution in [1.29, 1.82) is 0 Å². The molecule has 0 saturated heterocycles. The molecule has 2 rings (SSSR count). The maximum atomic E-state index is 12.9. The molecule has 2 aromatic carbocycles. The van der Waals surface area contributed by atoms with Gasteiger partial charge in [0.25, 0.3) is 5.91 Å². The van der Waals surface area contributed by atoms with Crippen LogP contribution in [0.3, 0.4) is 0 Å². The van der Waals surface area contributed by atoms with Crippen LogP contribution in [0.2, 0.25) is 0 Å². The zero-order chi connectivity index (χ0) is 15.6. The zero-order valence-corrected chi connectivity index (χ0v) is 12.5. The van der Waals surface area contributed by atoms with Crippen molar-refractivity contribution in [3.05, 3.63) is 64.5 Å². The minimum Gasteiger partial charge on any atom is -0.398 e. The van der Waals surface area contributed by atoms with Gasteiger partial charge in [-0.1, -0.05) is 18.2 Å². The minimum absolute atomic E-state index is 0.0940. The molecule has 0 bridgehead atoms. The van der Waals surface area contributed by atoms with Crippen LogP contribution >= 0.6 is 0 Å². The molecule has 4 heteroatoms. The maximum absolute atomic E-state index is 12.9. The van der Waals surface area contributed by atoms with Gasteiger partial charge < -0.3 is 10.6 Å². The Morgan fingerprint density at radius 2 is 1.76 bits per heavy atom.